The molecular weight excluding hydrogens is 332 g/mol. The molecule has 8 nitrogen and oxygen atoms in total. The van der Waals surface area contributed by atoms with Crippen LogP contribution in [0, 0.1) is 11.6 Å². The highest BCUT2D eigenvalue weighted by Gasteiger charge is 2.24. The number of methoxy groups -OCH3 is 1. The number of fused-ring (bicyclic) bond motifs is 1. The highest BCUT2D eigenvalue weighted by Crippen LogP contribution is 2.21. The molecule has 0 fully saturated rings. The van der Waals surface area contributed by atoms with E-state index in [-0.39, 0.29) is 11.7 Å². The predicted molar refractivity (Wildman–Crippen MR) is 74.5 cm³/mol. The number of sulfonamides is 1. The van der Waals surface area contributed by atoms with Crippen LogP contribution < -0.4 is 9.46 Å². The van der Waals surface area contributed by atoms with Gasteiger partial charge in [-0.25, -0.2) is 13.3 Å². The second-order valence-electron chi connectivity index (χ2n) is 4.31. The van der Waals surface area contributed by atoms with Crippen LogP contribution in [0.5, 0.6) is 5.88 Å². The number of ether oxygens (including phenoxy) is 1. The van der Waals surface area contributed by atoms with Gasteiger partial charge < -0.3 is 4.74 Å². The minimum atomic E-state index is -4.39. The lowest BCUT2D eigenvalue weighted by Crippen LogP contribution is -2.16. The quantitative estimate of drug-likeness (QED) is 0.766. The SMILES string of the molecule is COc1ccn2nc(S(=O)(=O)Nc3c(F)cccc3F)nc2n1. The molecule has 0 unspecified atom stereocenters. The molecule has 120 valence electrons. The molecule has 11 heteroatoms. The first-order chi connectivity index (χ1) is 10.9. The Morgan fingerprint density at radius 2 is 1.87 bits per heavy atom. The van der Waals surface area contributed by atoms with E-state index in [1.807, 2.05) is 0 Å². The maximum absolute atomic E-state index is 13.6. The zero-order valence-corrected chi connectivity index (χ0v) is 12.4. The summed E-state index contributed by atoms with van der Waals surface area (Å²) >= 11 is 0. The van der Waals surface area contributed by atoms with Crippen molar-refractivity contribution < 1.29 is 21.9 Å². The monoisotopic (exact) mass is 341 g/mol. The third-order valence-electron chi connectivity index (χ3n) is 2.81. The Morgan fingerprint density at radius 3 is 2.52 bits per heavy atom. The lowest BCUT2D eigenvalue weighted by atomic mass is 10.3. The summed E-state index contributed by atoms with van der Waals surface area (Å²) in [6, 6.07) is 4.40. The van der Waals surface area contributed by atoms with Crippen LogP contribution in [-0.4, -0.2) is 35.1 Å². The van der Waals surface area contributed by atoms with Crippen LogP contribution in [-0.2, 0) is 10.0 Å². The first-order valence-electron chi connectivity index (χ1n) is 6.15. The average molecular weight is 341 g/mol. The van der Waals surface area contributed by atoms with E-state index in [0.717, 1.165) is 22.7 Å². The molecule has 0 saturated heterocycles. The number of halogens is 2. The average Bonchev–Trinajstić information content (AvgIpc) is 2.95. The predicted octanol–water partition coefficient (Wildman–Crippen LogP) is 1.21. The van der Waals surface area contributed by atoms with Gasteiger partial charge in [0.05, 0.1) is 7.11 Å². The fraction of sp³-hybridized carbons (Fsp3) is 0.0833. The first-order valence-corrected chi connectivity index (χ1v) is 7.63. The van der Waals surface area contributed by atoms with E-state index >= 15 is 0 Å². The Morgan fingerprint density at radius 1 is 1.17 bits per heavy atom. The summed E-state index contributed by atoms with van der Waals surface area (Å²) < 4.78 is 59.3. The topological polar surface area (TPSA) is 98.5 Å². The third kappa shape index (κ3) is 2.77. The van der Waals surface area contributed by atoms with Gasteiger partial charge in [-0.1, -0.05) is 6.07 Å². The molecule has 0 saturated carbocycles. The Bertz CT molecular complexity index is 969. The lowest BCUT2D eigenvalue weighted by Gasteiger charge is -2.06. The van der Waals surface area contributed by atoms with Gasteiger partial charge in [-0.2, -0.15) is 18.4 Å². The van der Waals surface area contributed by atoms with Crippen molar-refractivity contribution in [3.05, 3.63) is 42.1 Å². The lowest BCUT2D eigenvalue weighted by molar-refractivity contribution is 0.397. The molecule has 0 aliphatic rings. The minimum absolute atomic E-state index is 0.0428. The van der Waals surface area contributed by atoms with E-state index in [2.05, 4.69) is 15.1 Å². The zero-order valence-electron chi connectivity index (χ0n) is 11.6. The number of rotatable bonds is 4. The van der Waals surface area contributed by atoms with Crippen molar-refractivity contribution in [2.75, 3.05) is 11.8 Å². The van der Waals surface area contributed by atoms with Gasteiger partial charge in [-0.15, -0.1) is 5.10 Å². The molecule has 1 N–H and O–H groups in total. The number of hydrogen-bond acceptors (Lipinski definition) is 6. The van der Waals surface area contributed by atoms with Gasteiger partial charge in [0.15, 0.2) is 0 Å². The number of benzene rings is 1. The summed E-state index contributed by atoms with van der Waals surface area (Å²) in [7, 11) is -3.01. The van der Waals surface area contributed by atoms with Crippen molar-refractivity contribution in [2.24, 2.45) is 0 Å². The smallest absolute Gasteiger partial charge is 0.299 e. The molecule has 2 heterocycles. The maximum Gasteiger partial charge on any atom is 0.299 e. The number of para-hydroxylation sites is 1. The van der Waals surface area contributed by atoms with E-state index in [1.54, 1.807) is 4.72 Å². The van der Waals surface area contributed by atoms with Crippen LogP contribution in [0.25, 0.3) is 5.78 Å². The zero-order chi connectivity index (χ0) is 16.6. The molecular formula is C12H9F2N5O3S. The van der Waals surface area contributed by atoms with Gasteiger partial charge in [0.1, 0.15) is 17.3 Å². The highest BCUT2D eigenvalue weighted by atomic mass is 32.2. The Hall–Kier alpha value is -2.82. The third-order valence-corrected chi connectivity index (χ3v) is 3.94. The van der Waals surface area contributed by atoms with E-state index in [9.17, 15) is 17.2 Å². The molecule has 23 heavy (non-hydrogen) atoms. The minimum Gasteiger partial charge on any atom is -0.481 e. The second kappa shape index (κ2) is 5.43. The molecule has 0 amide bonds. The summed E-state index contributed by atoms with van der Waals surface area (Å²) in [5.74, 6) is -1.95. The molecule has 0 aliphatic heterocycles. The number of nitrogens with one attached hydrogen (secondary N) is 1. The van der Waals surface area contributed by atoms with Crippen molar-refractivity contribution in [3.63, 3.8) is 0 Å². The first kappa shape index (κ1) is 15.1. The summed E-state index contributed by atoms with van der Waals surface area (Å²) in [6.45, 7) is 0. The summed E-state index contributed by atoms with van der Waals surface area (Å²) in [6.07, 6.45) is 1.39. The molecule has 3 rings (SSSR count). The standard InChI is InChI=1S/C12H9F2N5O3S/c1-22-9-5-6-19-11(15-9)16-12(17-19)23(20,21)18-10-7(13)3-2-4-8(10)14/h2-6,18H,1H3. The van der Waals surface area contributed by atoms with Crippen LogP contribution in [0.3, 0.4) is 0 Å². The van der Waals surface area contributed by atoms with Crippen LogP contribution in [0.2, 0.25) is 0 Å². The molecule has 0 aliphatic carbocycles. The summed E-state index contributed by atoms with van der Waals surface area (Å²) in [4.78, 5) is 7.61. The molecule has 0 spiro atoms. The van der Waals surface area contributed by atoms with E-state index in [4.69, 9.17) is 4.74 Å². The van der Waals surface area contributed by atoms with Crippen molar-refractivity contribution in [2.45, 2.75) is 5.16 Å². The number of nitrogens with zero attached hydrogens (tertiary/aromatic N) is 4. The van der Waals surface area contributed by atoms with Crippen molar-refractivity contribution in [3.8, 4) is 5.88 Å². The maximum atomic E-state index is 13.6. The Labute approximate surface area is 128 Å². The Balaban J connectivity index is 2.02. The second-order valence-corrected chi connectivity index (χ2v) is 5.89. The molecule has 3 aromatic rings. The van der Waals surface area contributed by atoms with Gasteiger partial charge >= 0.3 is 0 Å². The van der Waals surface area contributed by atoms with Gasteiger partial charge in [-0.05, 0) is 12.1 Å². The van der Waals surface area contributed by atoms with Crippen LogP contribution >= 0.6 is 0 Å². The van der Waals surface area contributed by atoms with Gasteiger partial charge in [0, 0.05) is 12.3 Å². The van der Waals surface area contributed by atoms with Crippen LogP contribution in [0.15, 0.2) is 35.6 Å². The molecule has 0 atom stereocenters. The molecule has 0 bridgehead atoms. The molecule has 0 radical (unpaired) electrons. The van der Waals surface area contributed by atoms with Gasteiger partial charge in [0.25, 0.3) is 21.0 Å². The van der Waals surface area contributed by atoms with Crippen LogP contribution in [0.4, 0.5) is 14.5 Å². The summed E-state index contributed by atoms with van der Waals surface area (Å²) in [5.41, 5.74) is -0.808. The molecule has 1 aromatic carbocycles. The van der Waals surface area contributed by atoms with Crippen molar-refractivity contribution in [1.82, 2.24) is 19.6 Å². The molecule has 2 aromatic heterocycles. The highest BCUT2D eigenvalue weighted by molar-refractivity contribution is 7.92. The number of hydrogen-bond donors (Lipinski definition) is 1. The number of anilines is 1. The van der Waals surface area contributed by atoms with Gasteiger partial charge in [0.2, 0.25) is 5.88 Å². The van der Waals surface area contributed by atoms with E-state index < -0.39 is 32.5 Å². The van der Waals surface area contributed by atoms with E-state index in [0.29, 0.717) is 0 Å². The van der Waals surface area contributed by atoms with Crippen LogP contribution in [0.1, 0.15) is 0 Å². The number of aromatic nitrogens is 4. The fourth-order valence-corrected chi connectivity index (χ4v) is 2.70. The van der Waals surface area contributed by atoms with Gasteiger partial charge in [-0.3, -0.25) is 4.72 Å². The van der Waals surface area contributed by atoms with Crippen molar-refractivity contribution >= 4 is 21.5 Å². The Kier molecular flexibility index (Phi) is 3.56. The fourth-order valence-electron chi connectivity index (χ4n) is 1.75. The normalized spacial score (nSPS) is 11.6. The summed E-state index contributed by atoms with van der Waals surface area (Å²) in [5, 5.41) is 3.03. The van der Waals surface area contributed by atoms with Crippen molar-refractivity contribution in [1.29, 1.82) is 0 Å². The van der Waals surface area contributed by atoms with E-state index in [1.165, 1.54) is 19.4 Å². The largest absolute Gasteiger partial charge is 0.481 e.